The van der Waals surface area contributed by atoms with Gasteiger partial charge in [-0.25, -0.2) is 0 Å². The van der Waals surface area contributed by atoms with Gasteiger partial charge in [0.25, 0.3) is 0 Å². The van der Waals surface area contributed by atoms with Crippen LogP contribution in [0.1, 0.15) is 44.6 Å². The third-order valence-electron chi connectivity index (χ3n) is 2.52. The molecule has 0 fully saturated rings. The van der Waals surface area contributed by atoms with E-state index in [9.17, 15) is 0 Å². The zero-order chi connectivity index (χ0) is 16.1. The van der Waals surface area contributed by atoms with Gasteiger partial charge in [0.05, 0.1) is 5.71 Å². The van der Waals surface area contributed by atoms with Crippen molar-refractivity contribution < 1.29 is 5.21 Å². The molecule has 0 spiro atoms. The van der Waals surface area contributed by atoms with Crippen LogP contribution in [0.3, 0.4) is 0 Å². The van der Waals surface area contributed by atoms with Crippen molar-refractivity contribution in [1.29, 1.82) is 0 Å². The fraction of sp³-hybridized carbons (Fsp3) is 0.333. The highest BCUT2D eigenvalue weighted by molar-refractivity contribution is 6.01. The molecule has 0 aliphatic carbocycles. The molecule has 0 saturated heterocycles. The van der Waals surface area contributed by atoms with Crippen LogP contribution in [-0.2, 0) is 6.42 Å². The van der Waals surface area contributed by atoms with Crippen LogP contribution in [0.2, 0.25) is 0 Å². The van der Waals surface area contributed by atoms with Gasteiger partial charge in [0, 0.05) is 17.8 Å². The Hall–Kier alpha value is -2.16. The molecule has 3 heteroatoms. The molecule has 0 saturated carbocycles. The number of nitrogens with zero attached hydrogens (tertiary/aromatic N) is 2. The van der Waals surface area contributed by atoms with Gasteiger partial charge in [0.2, 0.25) is 0 Å². The highest BCUT2D eigenvalue weighted by atomic mass is 16.4. The van der Waals surface area contributed by atoms with Crippen LogP contribution >= 0.6 is 0 Å². The lowest BCUT2D eigenvalue weighted by Gasteiger charge is -2.04. The largest absolute Gasteiger partial charge is 0.411 e. The van der Waals surface area contributed by atoms with Crippen molar-refractivity contribution >= 4 is 5.71 Å². The first kappa shape index (κ1) is 18.8. The fourth-order valence-corrected chi connectivity index (χ4v) is 1.70. The standard InChI is InChI=1S/C14H14N2O.2C2H6/c1-11-6-5-9-13(15-11)10-14(16-17)12-7-3-2-4-8-12;2*1-2/h2-9,17H,10H2,1H3;2*1-2H3. The predicted octanol–water partition coefficient (Wildman–Crippen LogP) is 4.86. The second-order valence-electron chi connectivity index (χ2n) is 3.86. The molecule has 2 rings (SSSR count). The zero-order valence-electron chi connectivity index (χ0n) is 13.7. The molecule has 0 radical (unpaired) electrons. The molecule has 1 aromatic heterocycles. The van der Waals surface area contributed by atoms with Crippen molar-refractivity contribution in [2.45, 2.75) is 41.0 Å². The van der Waals surface area contributed by atoms with Gasteiger partial charge in [-0.3, -0.25) is 4.98 Å². The summed E-state index contributed by atoms with van der Waals surface area (Å²) in [6.07, 6.45) is 0.530. The molecule has 1 N–H and O–H groups in total. The number of aryl methyl sites for hydroxylation is 1. The molecular weight excluding hydrogens is 260 g/mol. The Balaban J connectivity index is 0.000000921. The van der Waals surface area contributed by atoms with Crippen LogP contribution in [0.25, 0.3) is 0 Å². The molecule has 3 nitrogen and oxygen atoms in total. The lowest BCUT2D eigenvalue weighted by Crippen LogP contribution is -2.07. The molecule has 0 aliphatic heterocycles. The van der Waals surface area contributed by atoms with E-state index in [4.69, 9.17) is 5.21 Å². The van der Waals surface area contributed by atoms with Crippen LogP contribution in [0, 0.1) is 6.92 Å². The molecule has 2 aromatic rings. The number of aromatic nitrogens is 1. The summed E-state index contributed by atoms with van der Waals surface area (Å²) in [6, 6.07) is 15.5. The Morgan fingerprint density at radius 2 is 1.57 bits per heavy atom. The highest BCUT2D eigenvalue weighted by Gasteiger charge is 2.06. The van der Waals surface area contributed by atoms with Crippen molar-refractivity contribution in [2.75, 3.05) is 0 Å². The summed E-state index contributed by atoms with van der Waals surface area (Å²) in [7, 11) is 0. The molecule has 1 aromatic carbocycles. The number of rotatable bonds is 3. The van der Waals surface area contributed by atoms with E-state index in [1.165, 1.54) is 0 Å². The van der Waals surface area contributed by atoms with E-state index in [-0.39, 0.29) is 0 Å². The van der Waals surface area contributed by atoms with E-state index in [1.54, 1.807) is 0 Å². The minimum Gasteiger partial charge on any atom is -0.411 e. The van der Waals surface area contributed by atoms with Gasteiger partial charge < -0.3 is 5.21 Å². The lowest BCUT2D eigenvalue weighted by atomic mass is 10.1. The lowest BCUT2D eigenvalue weighted by molar-refractivity contribution is 0.318. The smallest absolute Gasteiger partial charge is 0.0927 e. The SMILES string of the molecule is CC.CC.Cc1cccc(CC(=NO)c2ccccc2)n1. The van der Waals surface area contributed by atoms with Gasteiger partial charge in [-0.15, -0.1) is 0 Å². The van der Waals surface area contributed by atoms with E-state index in [0.29, 0.717) is 12.1 Å². The summed E-state index contributed by atoms with van der Waals surface area (Å²) >= 11 is 0. The Morgan fingerprint density at radius 1 is 0.952 bits per heavy atom. The third kappa shape index (κ3) is 6.70. The second-order valence-corrected chi connectivity index (χ2v) is 3.86. The molecule has 0 amide bonds. The second kappa shape index (κ2) is 11.6. The monoisotopic (exact) mass is 286 g/mol. The third-order valence-corrected chi connectivity index (χ3v) is 2.52. The van der Waals surface area contributed by atoms with Crippen molar-refractivity contribution in [1.82, 2.24) is 4.98 Å². The summed E-state index contributed by atoms with van der Waals surface area (Å²) in [6.45, 7) is 9.95. The zero-order valence-corrected chi connectivity index (χ0v) is 13.7. The summed E-state index contributed by atoms with van der Waals surface area (Å²) in [5.41, 5.74) is 3.41. The van der Waals surface area contributed by atoms with Crippen LogP contribution in [0.4, 0.5) is 0 Å². The average Bonchev–Trinajstić information content (AvgIpc) is 2.57. The van der Waals surface area contributed by atoms with Crippen LogP contribution in [-0.4, -0.2) is 15.9 Å². The van der Waals surface area contributed by atoms with Gasteiger partial charge in [-0.2, -0.15) is 0 Å². The summed E-state index contributed by atoms with van der Waals surface area (Å²) in [4.78, 5) is 4.39. The van der Waals surface area contributed by atoms with Crippen LogP contribution < -0.4 is 0 Å². The maximum absolute atomic E-state index is 9.07. The van der Waals surface area contributed by atoms with Gasteiger partial charge in [0.1, 0.15) is 0 Å². The summed E-state index contributed by atoms with van der Waals surface area (Å²) in [5.74, 6) is 0. The predicted molar refractivity (Wildman–Crippen MR) is 90.1 cm³/mol. The molecule has 0 bridgehead atoms. The first-order chi connectivity index (χ1) is 10.3. The van der Waals surface area contributed by atoms with Gasteiger partial charge >= 0.3 is 0 Å². The topological polar surface area (TPSA) is 45.5 Å². The quantitative estimate of drug-likeness (QED) is 0.497. The highest BCUT2D eigenvalue weighted by Crippen LogP contribution is 2.07. The summed E-state index contributed by atoms with van der Waals surface area (Å²) < 4.78 is 0. The number of hydrogen-bond donors (Lipinski definition) is 1. The number of benzene rings is 1. The maximum Gasteiger partial charge on any atom is 0.0927 e. The minimum atomic E-state index is 0.530. The molecule has 114 valence electrons. The number of oxime groups is 1. The maximum atomic E-state index is 9.07. The van der Waals surface area contributed by atoms with Gasteiger partial charge in [-0.05, 0) is 24.6 Å². The van der Waals surface area contributed by atoms with E-state index in [2.05, 4.69) is 10.1 Å². The van der Waals surface area contributed by atoms with Gasteiger partial charge in [-0.1, -0.05) is 69.2 Å². The van der Waals surface area contributed by atoms with Crippen LogP contribution in [0.15, 0.2) is 53.7 Å². The van der Waals surface area contributed by atoms with Crippen LogP contribution in [0.5, 0.6) is 0 Å². The first-order valence-corrected chi connectivity index (χ1v) is 7.48. The molecule has 1 heterocycles. The Labute approximate surface area is 128 Å². The number of pyridine rings is 1. The van der Waals surface area contributed by atoms with Crippen molar-refractivity contribution in [3.05, 3.63) is 65.5 Å². The molecule has 0 aliphatic rings. The first-order valence-electron chi connectivity index (χ1n) is 7.48. The summed E-state index contributed by atoms with van der Waals surface area (Å²) in [5, 5.41) is 12.4. The molecule has 0 unspecified atom stereocenters. The van der Waals surface area contributed by atoms with Crippen molar-refractivity contribution in [3.63, 3.8) is 0 Å². The Morgan fingerprint density at radius 3 is 2.10 bits per heavy atom. The molecule has 21 heavy (non-hydrogen) atoms. The van der Waals surface area contributed by atoms with E-state index in [0.717, 1.165) is 17.0 Å². The normalized spacial score (nSPS) is 9.86. The minimum absolute atomic E-state index is 0.530. The van der Waals surface area contributed by atoms with E-state index >= 15 is 0 Å². The van der Waals surface area contributed by atoms with Crippen molar-refractivity contribution in [2.24, 2.45) is 5.16 Å². The number of hydrogen-bond acceptors (Lipinski definition) is 3. The Kier molecular flexibility index (Phi) is 10.5. The van der Waals surface area contributed by atoms with Crippen molar-refractivity contribution in [3.8, 4) is 0 Å². The fourth-order valence-electron chi connectivity index (χ4n) is 1.70. The molecular formula is C18H26N2O. The van der Waals surface area contributed by atoms with E-state index in [1.807, 2.05) is 83.1 Å². The Bertz CT molecular complexity index is 522. The van der Waals surface area contributed by atoms with E-state index < -0.39 is 0 Å². The average molecular weight is 286 g/mol. The van der Waals surface area contributed by atoms with Gasteiger partial charge in [0.15, 0.2) is 0 Å². The molecule has 0 atom stereocenters.